The summed E-state index contributed by atoms with van der Waals surface area (Å²) >= 11 is 0. The first-order valence-electron chi connectivity index (χ1n) is 12.1. The maximum Gasteiger partial charge on any atom is 0.326 e. The van der Waals surface area contributed by atoms with Crippen molar-refractivity contribution in [1.29, 1.82) is 0 Å². The largest absolute Gasteiger partial charge is 0.496 e. The molecular formula is C26H32N4O6. The Balaban J connectivity index is 1.45. The molecule has 0 aliphatic heterocycles. The van der Waals surface area contributed by atoms with Gasteiger partial charge in [0.1, 0.15) is 5.75 Å². The van der Waals surface area contributed by atoms with Crippen molar-refractivity contribution in [3.05, 3.63) is 58.0 Å². The minimum atomic E-state index is -1.06. The molecule has 1 unspecified atom stereocenters. The molecule has 1 saturated carbocycles. The van der Waals surface area contributed by atoms with Gasteiger partial charge in [-0.2, -0.15) is 0 Å². The predicted octanol–water partition coefficient (Wildman–Crippen LogP) is 2.10. The normalized spacial score (nSPS) is 18.6. The van der Waals surface area contributed by atoms with Gasteiger partial charge in [0, 0.05) is 30.3 Å². The summed E-state index contributed by atoms with van der Waals surface area (Å²) in [5, 5.41) is 24.0. The van der Waals surface area contributed by atoms with E-state index in [2.05, 4.69) is 15.6 Å². The number of carbonyl (C=O) groups is 2. The van der Waals surface area contributed by atoms with E-state index in [4.69, 9.17) is 9.84 Å². The van der Waals surface area contributed by atoms with E-state index < -0.39 is 18.6 Å². The van der Waals surface area contributed by atoms with Gasteiger partial charge in [0.05, 0.1) is 36.4 Å². The number of para-hydroxylation sites is 1. The fourth-order valence-corrected chi connectivity index (χ4v) is 4.81. The van der Waals surface area contributed by atoms with Crippen molar-refractivity contribution in [2.75, 3.05) is 25.6 Å². The third kappa shape index (κ3) is 5.29. The second-order valence-electron chi connectivity index (χ2n) is 9.23. The molecule has 1 heterocycles. The van der Waals surface area contributed by atoms with Crippen LogP contribution in [-0.4, -0.2) is 57.9 Å². The van der Waals surface area contributed by atoms with Gasteiger partial charge in [0.15, 0.2) is 0 Å². The maximum absolute atomic E-state index is 12.9. The number of rotatable bonds is 8. The van der Waals surface area contributed by atoms with Crippen LogP contribution in [0.1, 0.15) is 47.6 Å². The number of nitrogens with zero attached hydrogens (tertiary/aromatic N) is 1. The van der Waals surface area contributed by atoms with E-state index >= 15 is 0 Å². The number of anilines is 1. The number of methoxy groups -OCH3 is 1. The first-order valence-corrected chi connectivity index (χ1v) is 12.1. The number of aliphatic hydroxyl groups excluding tert-OH is 2. The highest BCUT2D eigenvalue weighted by Gasteiger charge is 2.29. The number of amides is 2. The molecule has 4 rings (SSSR count). The van der Waals surface area contributed by atoms with Gasteiger partial charge in [0.2, 0.25) is 5.91 Å². The molecule has 0 spiro atoms. The van der Waals surface area contributed by atoms with Gasteiger partial charge in [-0.1, -0.05) is 12.1 Å². The number of carbonyl (C=O) groups excluding carboxylic acids is 2. The van der Waals surface area contributed by atoms with E-state index in [0.717, 1.165) is 5.56 Å². The van der Waals surface area contributed by atoms with E-state index in [1.165, 1.54) is 0 Å². The Labute approximate surface area is 208 Å². The van der Waals surface area contributed by atoms with E-state index in [9.17, 15) is 19.5 Å². The van der Waals surface area contributed by atoms with Crippen molar-refractivity contribution in [3.8, 4) is 5.75 Å². The first kappa shape index (κ1) is 25.5. The fourth-order valence-electron chi connectivity index (χ4n) is 4.81. The van der Waals surface area contributed by atoms with E-state index in [1.54, 1.807) is 29.9 Å². The number of hydrogen-bond donors (Lipinski definition) is 5. The van der Waals surface area contributed by atoms with Gasteiger partial charge in [0.25, 0.3) is 5.91 Å². The molecule has 3 aromatic rings. The third-order valence-corrected chi connectivity index (χ3v) is 6.81. The van der Waals surface area contributed by atoms with Crippen molar-refractivity contribution in [2.24, 2.45) is 5.92 Å². The Morgan fingerprint density at radius 1 is 1.19 bits per heavy atom. The van der Waals surface area contributed by atoms with Crippen LogP contribution in [0, 0.1) is 12.8 Å². The summed E-state index contributed by atoms with van der Waals surface area (Å²) in [6.45, 7) is 1.38. The highest BCUT2D eigenvalue weighted by atomic mass is 16.5. The van der Waals surface area contributed by atoms with Crippen LogP contribution in [0.25, 0.3) is 11.0 Å². The maximum atomic E-state index is 12.9. The molecular weight excluding hydrogens is 464 g/mol. The smallest absolute Gasteiger partial charge is 0.326 e. The summed E-state index contributed by atoms with van der Waals surface area (Å²) in [5.41, 5.74) is 2.70. The molecule has 5 N–H and O–H groups in total. The highest BCUT2D eigenvalue weighted by molar-refractivity contribution is 6.05. The number of imidazole rings is 1. The van der Waals surface area contributed by atoms with E-state index in [1.807, 2.05) is 25.1 Å². The second kappa shape index (κ2) is 11.0. The minimum Gasteiger partial charge on any atom is -0.496 e. The SMILES string of the molecule is COc1cc(NC(=O)[C@H]2CC[C@@H](n3c(=O)[nH]c4c(C(=O)NCC(O)CO)cccc43)CC2)ccc1C. The lowest BCUT2D eigenvalue weighted by molar-refractivity contribution is -0.121. The highest BCUT2D eigenvalue weighted by Crippen LogP contribution is 2.34. The van der Waals surface area contributed by atoms with Gasteiger partial charge in [-0.15, -0.1) is 0 Å². The molecule has 36 heavy (non-hydrogen) atoms. The van der Waals surface area contributed by atoms with Crippen molar-refractivity contribution in [1.82, 2.24) is 14.9 Å². The van der Waals surface area contributed by atoms with Crippen LogP contribution in [0.5, 0.6) is 5.75 Å². The molecule has 2 amide bonds. The molecule has 10 heteroatoms. The Morgan fingerprint density at radius 2 is 1.94 bits per heavy atom. The molecule has 1 atom stereocenters. The van der Waals surface area contributed by atoms with Crippen molar-refractivity contribution < 1.29 is 24.5 Å². The van der Waals surface area contributed by atoms with Crippen molar-refractivity contribution in [2.45, 2.75) is 44.8 Å². The lowest BCUT2D eigenvalue weighted by Gasteiger charge is -2.28. The molecule has 1 aromatic heterocycles. The summed E-state index contributed by atoms with van der Waals surface area (Å²) in [4.78, 5) is 41.2. The fraction of sp³-hybridized carbons (Fsp3) is 0.423. The summed E-state index contributed by atoms with van der Waals surface area (Å²) in [7, 11) is 1.60. The van der Waals surface area contributed by atoms with Gasteiger partial charge < -0.3 is 30.6 Å². The number of ether oxygens (including phenoxy) is 1. The Hall–Kier alpha value is -3.63. The number of fused-ring (bicyclic) bond motifs is 1. The average Bonchev–Trinajstić information content (AvgIpc) is 3.23. The third-order valence-electron chi connectivity index (χ3n) is 6.81. The number of aromatic nitrogens is 2. The van der Waals surface area contributed by atoms with Crippen LogP contribution in [0.2, 0.25) is 0 Å². The lowest BCUT2D eigenvalue weighted by Crippen LogP contribution is -2.34. The van der Waals surface area contributed by atoms with Crippen molar-refractivity contribution in [3.63, 3.8) is 0 Å². The Morgan fingerprint density at radius 3 is 2.64 bits per heavy atom. The molecule has 1 aliphatic rings. The van der Waals surface area contributed by atoms with Crippen molar-refractivity contribution >= 4 is 28.5 Å². The summed E-state index contributed by atoms with van der Waals surface area (Å²) < 4.78 is 7.01. The number of nitrogens with one attached hydrogen (secondary N) is 3. The van der Waals surface area contributed by atoms with Crippen LogP contribution in [0.3, 0.4) is 0 Å². The number of aliphatic hydroxyl groups is 2. The summed E-state index contributed by atoms with van der Waals surface area (Å²) in [6, 6.07) is 10.6. The second-order valence-corrected chi connectivity index (χ2v) is 9.23. The Kier molecular flexibility index (Phi) is 7.76. The van der Waals surface area contributed by atoms with Gasteiger partial charge in [-0.05, 0) is 56.4 Å². The zero-order valence-electron chi connectivity index (χ0n) is 20.4. The molecule has 2 aromatic carbocycles. The molecule has 1 fully saturated rings. The zero-order chi connectivity index (χ0) is 25.8. The van der Waals surface area contributed by atoms with Crippen LogP contribution in [0.4, 0.5) is 5.69 Å². The summed E-state index contributed by atoms with van der Waals surface area (Å²) in [5.74, 6) is 0.0610. The first-order chi connectivity index (χ1) is 17.3. The number of aryl methyl sites for hydroxylation is 1. The van der Waals surface area contributed by atoms with Crippen LogP contribution in [0.15, 0.2) is 41.2 Å². The topological polar surface area (TPSA) is 146 Å². The quantitative estimate of drug-likeness (QED) is 0.323. The molecule has 0 radical (unpaired) electrons. The number of benzene rings is 2. The van der Waals surface area contributed by atoms with Crippen LogP contribution in [-0.2, 0) is 4.79 Å². The zero-order valence-corrected chi connectivity index (χ0v) is 20.4. The number of hydrogen-bond acceptors (Lipinski definition) is 6. The molecule has 0 bridgehead atoms. The summed E-state index contributed by atoms with van der Waals surface area (Å²) in [6.07, 6.45) is 1.52. The van der Waals surface area contributed by atoms with Gasteiger partial charge in [-0.3, -0.25) is 14.2 Å². The van der Waals surface area contributed by atoms with Gasteiger partial charge >= 0.3 is 5.69 Å². The van der Waals surface area contributed by atoms with Crippen LogP contribution < -0.4 is 21.1 Å². The number of aromatic amines is 1. The van der Waals surface area contributed by atoms with E-state index in [0.29, 0.717) is 48.2 Å². The van der Waals surface area contributed by atoms with Crippen LogP contribution >= 0.6 is 0 Å². The van der Waals surface area contributed by atoms with E-state index in [-0.39, 0.29) is 35.7 Å². The predicted molar refractivity (Wildman–Crippen MR) is 135 cm³/mol. The standard InChI is InChI=1S/C26H32N4O6/c1-15-6-9-17(12-22(15)36-2)28-24(33)16-7-10-18(11-8-16)30-21-5-3-4-20(23(21)29-26(30)35)25(34)27-13-19(32)14-31/h3-6,9,12,16,18-19,31-32H,7-8,10-11,13-14H2,1-2H3,(H,27,34)(H,28,33)(H,29,35)/t16-,18+,19?. The van der Waals surface area contributed by atoms with Gasteiger partial charge in [-0.25, -0.2) is 4.79 Å². The lowest BCUT2D eigenvalue weighted by atomic mass is 9.85. The molecule has 192 valence electrons. The minimum absolute atomic E-state index is 0.0466. The average molecular weight is 497 g/mol. The number of H-pyrrole nitrogens is 1. The Bertz CT molecular complexity index is 1310. The molecule has 10 nitrogen and oxygen atoms in total. The molecule has 1 aliphatic carbocycles. The molecule has 0 saturated heterocycles. The monoisotopic (exact) mass is 496 g/mol.